The lowest BCUT2D eigenvalue weighted by molar-refractivity contribution is -0.171. The van der Waals surface area contributed by atoms with Crippen LogP contribution in [0.1, 0.15) is 83.6 Å². The van der Waals surface area contributed by atoms with Gasteiger partial charge in [-0.2, -0.15) is 5.06 Å². The van der Waals surface area contributed by atoms with Crippen LogP contribution in [0.25, 0.3) is 11.3 Å². The number of carbonyl (C=O) groups is 8. The van der Waals surface area contributed by atoms with E-state index in [4.69, 9.17) is 33.7 Å². The van der Waals surface area contributed by atoms with Crippen molar-refractivity contribution in [2.24, 2.45) is 5.92 Å². The van der Waals surface area contributed by atoms with E-state index in [1.165, 1.54) is 62.8 Å². The number of aliphatic carboxylic acids is 3. The molecule has 0 aliphatic carbocycles. The minimum absolute atomic E-state index is 0. The lowest BCUT2D eigenvalue weighted by atomic mass is 9.90. The highest BCUT2D eigenvalue weighted by Gasteiger charge is 2.34. The van der Waals surface area contributed by atoms with Crippen LogP contribution in [-0.2, 0) is 28.8 Å². The van der Waals surface area contributed by atoms with Gasteiger partial charge in [-0.25, -0.2) is 14.4 Å². The predicted molar refractivity (Wildman–Crippen MR) is 219 cm³/mol. The van der Waals surface area contributed by atoms with Gasteiger partial charge in [0.1, 0.15) is 34.6 Å². The molecule has 342 valence electrons. The molecule has 3 aromatic rings. The Hall–Kier alpha value is -7.24. The molecule has 0 fully saturated rings. The van der Waals surface area contributed by atoms with Crippen molar-refractivity contribution in [2.45, 2.75) is 64.5 Å². The number of unbranched alkanes of at least 4 members (excludes halogenated alkanes) is 2. The standard InChI is InChI=1S/C39H46N4O16.3H3N/c1-5-7-8-9-24(28(6-2)43(21-44)59-39(54)26-13-11-23(55-3)17-31(26)56-4)35(49)40-20-41-37(51)30-15-14-29(58-30)22-10-12-25(32(16-22)57-19-34(47)48)36(50)42-27(38(52)53)18-33(45)46;;;/h10-17,21,24,27-28H,5-9,18-20H2,1-4H3,(H,40,49)(H,41,51)(H,42,50)(H,45,46)(H,47,48)(H,52,53);3*1H3/t24-,27+,28-;;;/m1.../s1. The third kappa shape index (κ3) is 15.4. The number of rotatable bonds is 25. The van der Waals surface area contributed by atoms with E-state index in [1.54, 1.807) is 6.92 Å². The Morgan fingerprint density at radius 1 is 0.806 bits per heavy atom. The number of carboxylic acids is 3. The van der Waals surface area contributed by atoms with Crippen LogP contribution in [0.15, 0.2) is 52.9 Å². The highest BCUT2D eigenvalue weighted by Crippen LogP contribution is 2.30. The highest BCUT2D eigenvalue weighted by molar-refractivity contribution is 6.00. The second-order valence-electron chi connectivity index (χ2n) is 12.7. The van der Waals surface area contributed by atoms with Crippen molar-refractivity contribution in [3.63, 3.8) is 0 Å². The van der Waals surface area contributed by atoms with Crippen molar-refractivity contribution in [1.82, 2.24) is 39.5 Å². The number of methoxy groups -OCH3 is 2. The van der Waals surface area contributed by atoms with Gasteiger partial charge in [0.15, 0.2) is 12.4 Å². The van der Waals surface area contributed by atoms with Gasteiger partial charge in [0.05, 0.1) is 44.8 Å². The summed E-state index contributed by atoms with van der Waals surface area (Å²) in [5, 5.41) is 35.4. The summed E-state index contributed by atoms with van der Waals surface area (Å²) in [5.74, 6) is -8.48. The molecule has 62 heavy (non-hydrogen) atoms. The number of carbonyl (C=O) groups excluding carboxylic acids is 5. The van der Waals surface area contributed by atoms with Crippen molar-refractivity contribution < 1.29 is 77.1 Å². The minimum atomic E-state index is -1.80. The number of nitrogens with one attached hydrogen (secondary N) is 3. The Bertz CT molecular complexity index is 2010. The molecule has 0 saturated carbocycles. The topological polar surface area (TPSA) is 392 Å². The maximum Gasteiger partial charge on any atom is 0.366 e. The summed E-state index contributed by atoms with van der Waals surface area (Å²) in [6.07, 6.45) is 2.17. The van der Waals surface area contributed by atoms with E-state index in [2.05, 4.69) is 16.0 Å². The molecule has 1 heterocycles. The predicted octanol–water partition coefficient (Wildman–Crippen LogP) is 3.58. The monoisotopic (exact) mass is 877 g/mol. The first-order valence-electron chi connectivity index (χ1n) is 18.3. The summed E-state index contributed by atoms with van der Waals surface area (Å²) in [6, 6.07) is 8.15. The van der Waals surface area contributed by atoms with Gasteiger partial charge < -0.3 is 73.2 Å². The molecule has 3 rings (SSSR count). The van der Waals surface area contributed by atoms with Crippen molar-refractivity contribution in [3.05, 3.63) is 65.4 Å². The Morgan fingerprint density at radius 3 is 2.08 bits per heavy atom. The third-order valence-corrected chi connectivity index (χ3v) is 8.77. The Balaban J connectivity index is 0.0000124. The van der Waals surface area contributed by atoms with E-state index in [0.29, 0.717) is 25.0 Å². The van der Waals surface area contributed by atoms with E-state index >= 15 is 0 Å². The van der Waals surface area contributed by atoms with Crippen LogP contribution in [0.2, 0.25) is 0 Å². The van der Waals surface area contributed by atoms with Crippen LogP contribution in [0.5, 0.6) is 17.2 Å². The molecule has 15 N–H and O–H groups in total. The maximum absolute atomic E-state index is 13.6. The molecule has 0 aliphatic rings. The molecule has 2 aromatic carbocycles. The van der Waals surface area contributed by atoms with Crippen LogP contribution in [-0.4, -0.2) is 108 Å². The van der Waals surface area contributed by atoms with Gasteiger partial charge in [-0.15, -0.1) is 0 Å². The van der Waals surface area contributed by atoms with E-state index in [0.717, 1.165) is 17.9 Å². The molecule has 0 radical (unpaired) electrons. The Morgan fingerprint density at radius 2 is 1.50 bits per heavy atom. The van der Waals surface area contributed by atoms with Gasteiger partial charge in [0.25, 0.3) is 11.8 Å². The van der Waals surface area contributed by atoms with Crippen LogP contribution in [0.4, 0.5) is 0 Å². The molecular formula is C39H55N7O16. The number of ether oxygens (including phenoxy) is 3. The summed E-state index contributed by atoms with van der Waals surface area (Å²) < 4.78 is 21.4. The number of nitrogens with zero attached hydrogens (tertiary/aromatic N) is 1. The molecule has 0 bridgehead atoms. The zero-order valence-electron chi connectivity index (χ0n) is 34.8. The normalized spacial score (nSPS) is 11.5. The highest BCUT2D eigenvalue weighted by atomic mass is 16.7. The molecule has 23 heteroatoms. The van der Waals surface area contributed by atoms with Gasteiger partial charge in [-0.3, -0.25) is 24.0 Å². The molecule has 0 unspecified atom stereocenters. The van der Waals surface area contributed by atoms with Crippen molar-refractivity contribution in [2.75, 3.05) is 27.5 Å². The van der Waals surface area contributed by atoms with Gasteiger partial charge in [-0.1, -0.05) is 39.2 Å². The van der Waals surface area contributed by atoms with Crippen LogP contribution in [0.3, 0.4) is 0 Å². The van der Waals surface area contributed by atoms with E-state index in [9.17, 15) is 43.5 Å². The number of hydroxylamine groups is 2. The molecular weight excluding hydrogens is 822 g/mol. The number of carboxylic acid groups (broad SMARTS) is 3. The van der Waals surface area contributed by atoms with E-state index in [-0.39, 0.29) is 71.3 Å². The van der Waals surface area contributed by atoms with E-state index in [1.807, 2.05) is 6.92 Å². The average Bonchev–Trinajstić information content (AvgIpc) is 3.72. The molecule has 1 aromatic heterocycles. The van der Waals surface area contributed by atoms with Crippen molar-refractivity contribution in [3.8, 4) is 28.6 Å². The van der Waals surface area contributed by atoms with Gasteiger partial charge in [-0.05, 0) is 49.2 Å². The lowest BCUT2D eigenvalue weighted by Gasteiger charge is -2.32. The minimum Gasteiger partial charge on any atom is -0.497 e. The van der Waals surface area contributed by atoms with Crippen LogP contribution >= 0.6 is 0 Å². The zero-order chi connectivity index (χ0) is 43.6. The average molecular weight is 878 g/mol. The first-order chi connectivity index (χ1) is 28.2. The van der Waals surface area contributed by atoms with E-state index < -0.39 is 72.6 Å². The summed E-state index contributed by atoms with van der Waals surface area (Å²) in [7, 11) is 2.80. The lowest BCUT2D eigenvalue weighted by Crippen LogP contribution is -2.49. The number of furan rings is 1. The summed E-state index contributed by atoms with van der Waals surface area (Å²) >= 11 is 0. The summed E-state index contributed by atoms with van der Waals surface area (Å²) in [6.45, 7) is 2.44. The molecule has 4 amide bonds. The van der Waals surface area contributed by atoms with Crippen molar-refractivity contribution in [1.29, 1.82) is 0 Å². The number of amides is 4. The first-order valence-corrected chi connectivity index (χ1v) is 18.3. The summed E-state index contributed by atoms with van der Waals surface area (Å²) in [4.78, 5) is 104. The first kappa shape index (κ1) is 54.8. The second kappa shape index (κ2) is 26.8. The SMILES string of the molecule is CCCCC[C@@H](C(=O)NCNC(=O)c1ccc(-c2ccc(C(=O)N[C@@H](CC(=O)O)C(=O)O)c(OCC(=O)O)c2)o1)[C@@H](CC)N(C=O)OC(=O)c1ccc(OC)cc1OC.N.N.N. The quantitative estimate of drug-likeness (QED) is 0.0254. The maximum atomic E-state index is 13.6. The largest absolute Gasteiger partial charge is 0.497 e. The fourth-order valence-corrected chi connectivity index (χ4v) is 5.81. The molecule has 0 spiro atoms. The Kier molecular flexibility index (Phi) is 23.6. The van der Waals surface area contributed by atoms with Gasteiger partial charge in [0, 0.05) is 11.6 Å². The fourth-order valence-electron chi connectivity index (χ4n) is 5.81. The third-order valence-electron chi connectivity index (χ3n) is 8.77. The van der Waals surface area contributed by atoms with Crippen LogP contribution in [0, 0.1) is 5.92 Å². The smallest absolute Gasteiger partial charge is 0.366 e. The number of hydrogen-bond acceptors (Lipinski definition) is 16. The summed E-state index contributed by atoms with van der Waals surface area (Å²) in [5.41, 5.74) is -0.0825. The van der Waals surface area contributed by atoms with Gasteiger partial charge in [0.2, 0.25) is 12.3 Å². The number of hydrogen-bond donors (Lipinski definition) is 9. The Labute approximate surface area is 356 Å². The molecule has 0 saturated heterocycles. The van der Waals surface area contributed by atoms with Gasteiger partial charge >= 0.3 is 23.9 Å². The molecule has 0 aliphatic heterocycles. The fraction of sp³-hybridized carbons (Fsp3) is 0.385. The number of benzene rings is 2. The molecule has 23 nitrogen and oxygen atoms in total. The molecule has 3 atom stereocenters. The van der Waals surface area contributed by atoms with Crippen molar-refractivity contribution >= 4 is 48.0 Å². The van der Waals surface area contributed by atoms with Crippen LogP contribution < -0.4 is 48.6 Å². The zero-order valence-corrected chi connectivity index (χ0v) is 34.8. The second-order valence-corrected chi connectivity index (χ2v) is 12.7.